The van der Waals surface area contributed by atoms with Crippen molar-refractivity contribution in [3.8, 4) is 0 Å². The van der Waals surface area contributed by atoms with Crippen LogP contribution in [0.1, 0.15) is 17.4 Å². The first-order valence-electron chi connectivity index (χ1n) is 5.78. The van der Waals surface area contributed by atoms with Crippen molar-refractivity contribution in [1.29, 1.82) is 0 Å². The highest BCUT2D eigenvalue weighted by atomic mass is 16.1. The van der Waals surface area contributed by atoms with E-state index in [4.69, 9.17) is 0 Å². The number of hydrogen-bond acceptors (Lipinski definition) is 5. The standard InChI is InChI=1S/C11H17N5O/c1-3-13-11(17)9-4-5-10(15-14-9)16(2)8-6-12-7-8/h4-5,8,12H,3,6-7H2,1-2H3,(H,13,17). The molecule has 1 amide bonds. The van der Waals surface area contributed by atoms with Crippen molar-refractivity contribution in [3.63, 3.8) is 0 Å². The minimum Gasteiger partial charge on any atom is -0.353 e. The lowest BCUT2D eigenvalue weighted by atomic mass is 10.1. The van der Waals surface area contributed by atoms with E-state index < -0.39 is 0 Å². The highest BCUT2D eigenvalue weighted by Gasteiger charge is 2.22. The smallest absolute Gasteiger partial charge is 0.271 e. The molecule has 2 heterocycles. The predicted molar refractivity (Wildman–Crippen MR) is 65.1 cm³/mol. The van der Waals surface area contributed by atoms with Crippen LogP contribution in [-0.2, 0) is 0 Å². The average molecular weight is 235 g/mol. The number of rotatable bonds is 4. The summed E-state index contributed by atoms with van der Waals surface area (Å²) in [6, 6.07) is 4.01. The van der Waals surface area contributed by atoms with Gasteiger partial charge in [0.1, 0.15) is 0 Å². The third-order valence-electron chi connectivity index (χ3n) is 2.89. The number of carbonyl (C=O) groups is 1. The Hall–Kier alpha value is -1.69. The van der Waals surface area contributed by atoms with Gasteiger partial charge in [0.2, 0.25) is 0 Å². The Morgan fingerprint density at radius 1 is 1.53 bits per heavy atom. The lowest BCUT2D eigenvalue weighted by molar-refractivity contribution is 0.0950. The molecule has 1 aliphatic heterocycles. The average Bonchev–Trinajstić information content (AvgIpc) is 2.27. The summed E-state index contributed by atoms with van der Waals surface area (Å²) in [6.45, 7) is 4.40. The molecule has 0 atom stereocenters. The quantitative estimate of drug-likeness (QED) is 0.745. The Morgan fingerprint density at radius 2 is 2.29 bits per heavy atom. The van der Waals surface area contributed by atoms with E-state index in [-0.39, 0.29) is 5.91 Å². The van der Waals surface area contributed by atoms with Crippen LogP contribution in [0.15, 0.2) is 12.1 Å². The molecule has 1 aromatic heterocycles. The van der Waals surface area contributed by atoms with Crippen LogP contribution in [0.2, 0.25) is 0 Å². The van der Waals surface area contributed by atoms with Gasteiger partial charge in [-0.05, 0) is 19.1 Å². The lowest BCUT2D eigenvalue weighted by Gasteiger charge is -2.36. The van der Waals surface area contributed by atoms with Gasteiger partial charge in [0.25, 0.3) is 5.91 Å². The summed E-state index contributed by atoms with van der Waals surface area (Å²) in [5, 5.41) is 13.9. The van der Waals surface area contributed by atoms with Crippen molar-refractivity contribution < 1.29 is 4.79 Å². The molecule has 0 spiro atoms. The molecule has 0 aromatic carbocycles. The van der Waals surface area contributed by atoms with E-state index in [0.717, 1.165) is 18.9 Å². The van der Waals surface area contributed by atoms with Gasteiger partial charge in [-0.15, -0.1) is 10.2 Å². The van der Waals surface area contributed by atoms with Crippen molar-refractivity contribution in [3.05, 3.63) is 17.8 Å². The molecular formula is C11H17N5O. The summed E-state index contributed by atoms with van der Waals surface area (Å²) in [6.07, 6.45) is 0. The van der Waals surface area contributed by atoms with Crippen molar-refractivity contribution >= 4 is 11.7 Å². The summed E-state index contributed by atoms with van der Waals surface area (Å²) in [5.74, 6) is 0.615. The Bertz CT molecular complexity index is 387. The molecule has 17 heavy (non-hydrogen) atoms. The van der Waals surface area contributed by atoms with Gasteiger partial charge in [0.05, 0.1) is 6.04 Å². The monoisotopic (exact) mass is 235 g/mol. The van der Waals surface area contributed by atoms with Crippen LogP contribution in [-0.4, -0.2) is 48.8 Å². The van der Waals surface area contributed by atoms with Gasteiger partial charge in [-0.2, -0.15) is 0 Å². The largest absolute Gasteiger partial charge is 0.353 e. The number of likely N-dealkylation sites (N-methyl/N-ethyl adjacent to an activating group) is 1. The maximum Gasteiger partial charge on any atom is 0.271 e. The highest BCUT2D eigenvalue weighted by molar-refractivity contribution is 5.92. The number of carbonyl (C=O) groups excluding carboxylic acids is 1. The van der Waals surface area contributed by atoms with Gasteiger partial charge >= 0.3 is 0 Å². The van der Waals surface area contributed by atoms with E-state index in [2.05, 4.69) is 25.7 Å². The number of nitrogens with one attached hydrogen (secondary N) is 2. The summed E-state index contributed by atoms with van der Waals surface area (Å²) in [7, 11) is 1.99. The third-order valence-corrected chi connectivity index (χ3v) is 2.89. The van der Waals surface area contributed by atoms with Gasteiger partial charge in [-0.1, -0.05) is 0 Å². The Labute approximate surface area is 100 Å². The number of anilines is 1. The molecule has 0 radical (unpaired) electrons. The topological polar surface area (TPSA) is 70.2 Å². The highest BCUT2D eigenvalue weighted by Crippen LogP contribution is 2.13. The zero-order valence-corrected chi connectivity index (χ0v) is 10.1. The second-order valence-electron chi connectivity index (χ2n) is 4.06. The molecule has 0 unspecified atom stereocenters. The first kappa shape index (κ1) is 11.8. The molecule has 1 aliphatic rings. The van der Waals surface area contributed by atoms with Crippen LogP contribution in [0.25, 0.3) is 0 Å². The molecule has 2 N–H and O–H groups in total. The minimum atomic E-state index is -0.181. The van der Waals surface area contributed by atoms with Crippen molar-refractivity contribution in [2.45, 2.75) is 13.0 Å². The van der Waals surface area contributed by atoms with Crippen LogP contribution in [0.3, 0.4) is 0 Å². The molecule has 1 fully saturated rings. The van der Waals surface area contributed by atoms with Gasteiger partial charge in [-0.25, -0.2) is 0 Å². The zero-order valence-electron chi connectivity index (χ0n) is 10.1. The molecule has 6 nitrogen and oxygen atoms in total. The van der Waals surface area contributed by atoms with E-state index >= 15 is 0 Å². The van der Waals surface area contributed by atoms with Crippen LogP contribution >= 0.6 is 0 Å². The third kappa shape index (κ3) is 2.52. The van der Waals surface area contributed by atoms with Gasteiger partial charge in [-0.3, -0.25) is 4.79 Å². The van der Waals surface area contributed by atoms with E-state index in [9.17, 15) is 4.79 Å². The summed E-state index contributed by atoms with van der Waals surface area (Å²) in [5.41, 5.74) is 0.357. The minimum absolute atomic E-state index is 0.181. The second kappa shape index (κ2) is 5.09. The first-order chi connectivity index (χ1) is 8.22. The van der Waals surface area contributed by atoms with Crippen LogP contribution < -0.4 is 15.5 Å². The maximum atomic E-state index is 11.5. The van der Waals surface area contributed by atoms with Crippen molar-refractivity contribution in [2.24, 2.45) is 0 Å². The molecule has 2 rings (SSSR count). The van der Waals surface area contributed by atoms with Crippen molar-refractivity contribution in [1.82, 2.24) is 20.8 Å². The number of amides is 1. The van der Waals surface area contributed by atoms with Gasteiger partial charge in [0, 0.05) is 26.7 Å². The SMILES string of the molecule is CCNC(=O)c1ccc(N(C)C2CNC2)nn1. The number of nitrogens with zero attached hydrogens (tertiary/aromatic N) is 3. The zero-order chi connectivity index (χ0) is 12.3. The fraction of sp³-hybridized carbons (Fsp3) is 0.545. The van der Waals surface area contributed by atoms with Crippen LogP contribution in [0, 0.1) is 0 Å². The molecule has 0 bridgehead atoms. The van der Waals surface area contributed by atoms with Crippen LogP contribution in [0.5, 0.6) is 0 Å². The summed E-state index contributed by atoms with van der Waals surface area (Å²) < 4.78 is 0. The van der Waals surface area contributed by atoms with Gasteiger partial charge < -0.3 is 15.5 Å². The molecule has 0 aliphatic carbocycles. The second-order valence-corrected chi connectivity index (χ2v) is 4.06. The summed E-state index contributed by atoms with van der Waals surface area (Å²) >= 11 is 0. The Morgan fingerprint density at radius 3 is 2.76 bits per heavy atom. The van der Waals surface area contributed by atoms with E-state index in [1.807, 2.05) is 20.0 Å². The van der Waals surface area contributed by atoms with Gasteiger partial charge in [0.15, 0.2) is 11.5 Å². The molecule has 1 saturated heterocycles. The lowest BCUT2D eigenvalue weighted by Crippen LogP contribution is -2.56. The summed E-state index contributed by atoms with van der Waals surface area (Å²) in [4.78, 5) is 13.6. The van der Waals surface area contributed by atoms with E-state index in [1.54, 1.807) is 6.07 Å². The molecule has 1 aromatic rings. The maximum absolute atomic E-state index is 11.5. The Kier molecular flexibility index (Phi) is 3.53. The van der Waals surface area contributed by atoms with E-state index in [0.29, 0.717) is 18.3 Å². The fourth-order valence-corrected chi connectivity index (χ4v) is 1.62. The molecule has 0 saturated carbocycles. The number of hydrogen-bond donors (Lipinski definition) is 2. The first-order valence-corrected chi connectivity index (χ1v) is 5.78. The molecule has 6 heteroatoms. The van der Waals surface area contributed by atoms with E-state index in [1.165, 1.54) is 0 Å². The fourth-order valence-electron chi connectivity index (χ4n) is 1.62. The Balaban J connectivity index is 2.04. The number of aromatic nitrogens is 2. The normalized spacial score (nSPS) is 15.2. The predicted octanol–water partition coefficient (Wildman–Crippen LogP) is -0.366. The molecular weight excluding hydrogens is 218 g/mol. The van der Waals surface area contributed by atoms with Crippen molar-refractivity contribution in [2.75, 3.05) is 31.6 Å². The van der Waals surface area contributed by atoms with Crippen LogP contribution in [0.4, 0.5) is 5.82 Å². The molecule has 92 valence electrons.